The number of hydrogen-bond acceptors (Lipinski definition) is 6. The van der Waals surface area contributed by atoms with E-state index in [2.05, 4.69) is 10.2 Å². The Hall–Kier alpha value is -3.23. The first kappa shape index (κ1) is 21.0. The first-order chi connectivity index (χ1) is 15.1. The van der Waals surface area contributed by atoms with E-state index in [1.165, 1.54) is 23.5 Å². The van der Waals surface area contributed by atoms with Gasteiger partial charge in [-0.3, -0.25) is 4.79 Å². The maximum Gasteiger partial charge on any atom is 0.348 e. The van der Waals surface area contributed by atoms with Gasteiger partial charge in [0.05, 0.1) is 13.2 Å². The van der Waals surface area contributed by atoms with Crippen LogP contribution in [0.3, 0.4) is 0 Å². The number of carbonyl (C=O) groups is 2. The van der Waals surface area contributed by atoms with E-state index in [1.807, 2.05) is 24.3 Å². The fourth-order valence-corrected chi connectivity index (χ4v) is 4.10. The number of thiophene rings is 1. The molecule has 0 atom stereocenters. The summed E-state index contributed by atoms with van der Waals surface area (Å²) in [5, 5.41) is 2.72. The third-order valence-corrected chi connectivity index (χ3v) is 5.91. The lowest BCUT2D eigenvalue weighted by Gasteiger charge is -2.28. The van der Waals surface area contributed by atoms with Crippen LogP contribution in [0, 0.1) is 5.82 Å². The van der Waals surface area contributed by atoms with Crippen molar-refractivity contribution < 1.29 is 23.5 Å². The highest BCUT2D eigenvalue weighted by Gasteiger charge is 2.15. The minimum Gasteiger partial charge on any atom is -0.451 e. The molecule has 2 aromatic carbocycles. The lowest BCUT2D eigenvalue weighted by atomic mass is 10.2. The van der Waals surface area contributed by atoms with Crippen LogP contribution in [0.1, 0.15) is 9.67 Å². The van der Waals surface area contributed by atoms with E-state index in [0.717, 1.165) is 29.2 Å². The number of amides is 1. The number of benzene rings is 2. The second-order valence-corrected chi connectivity index (χ2v) is 8.03. The van der Waals surface area contributed by atoms with E-state index in [9.17, 15) is 14.0 Å². The highest BCUT2D eigenvalue weighted by atomic mass is 32.1. The molecule has 1 aliphatic rings. The van der Waals surface area contributed by atoms with Crippen LogP contribution in [0.5, 0.6) is 0 Å². The zero-order valence-corrected chi connectivity index (χ0v) is 17.5. The van der Waals surface area contributed by atoms with Crippen molar-refractivity contribution in [2.75, 3.05) is 43.1 Å². The average molecular weight is 440 g/mol. The van der Waals surface area contributed by atoms with Crippen LogP contribution in [0.4, 0.5) is 15.8 Å². The van der Waals surface area contributed by atoms with Crippen LogP contribution in [0.15, 0.2) is 60.7 Å². The van der Waals surface area contributed by atoms with E-state index in [0.29, 0.717) is 23.8 Å². The molecule has 6 nitrogen and oxygen atoms in total. The second-order valence-electron chi connectivity index (χ2n) is 6.94. The van der Waals surface area contributed by atoms with E-state index >= 15 is 0 Å². The van der Waals surface area contributed by atoms with Gasteiger partial charge in [-0.2, -0.15) is 0 Å². The van der Waals surface area contributed by atoms with Crippen molar-refractivity contribution in [1.29, 1.82) is 0 Å². The third-order valence-electron chi connectivity index (χ3n) is 4.80. The number of hydrogen-bond donors (Lipinski definition) is 1. The predicted octanol–water partition coefficient (Wildman–Crippen LogP) is 4.19. The number of ether oxygens (including phenoxy) is 2. The standard InChI is InChI=1S/C23H21FN2O4S/c24-17-3-1-16(2-4-17)20-9-10-21(31-20)23(28)30-15-22(27)25-18-5-7-19(8-6-18)26-11-13-29-14-12-26/h1-10H,11-15H2,(H,25,27). The Balaban J connectivity index is 1.27. The minimum atomic E-state index is -0.573. The molecule has 0 saturated carbocycles. The van der Waals surface area contributed by atoms with Gasteiger partial charge in [-0.25, -0.2) is 9.18 Å². The molecule has 1 saturated heterocycles. The molecule has 2 heterocycles. The summed E-state index contributed by atoms with van der Waals surface area (Å²) in [5.41, 5.74) is 2.51. The maximum atomic E-state index is 13.1. The number of nitrogens with zero attached hydrogens (tertiary/aromatic N) is 1. The first-order valence-corrected chi connectivity index (χ1v) is 10.7. The number of rotatable bonds is 6. The minimum absolute atomic E-state index is 0.318. The molecule has 31 heavy (non-hydrogen) atoms. The van der Waals surface area contributed by atoms with E-state index < -0.39 is 11.9 Å². The van der Waals surface area contributed by atoms with Gasteiger partial charge in [0.15, 0.2) is 6.61 Å². The molecule has 1 aromatic heterocycles. The first-order valence-electron chi connectivity index (χ1n) is 9.84. The van der Waals surface area contributed by atoms with E-state index in [4.69, 9.17) is 9.47 Å². The van der Waals surface area contributed by atoms with Crippen molar-refractivity contribution in [1.82, 2.24) is 0 Å². The van der Waals surface area contributed by atoms with Crippen molar-refractivity contribution >= 4 is 34.6 Å². The molecular weight excluding hydrogens is 419 g/mol. The number of carbonyl (C=O) groups excluding carboxylic acids is 2. The second kappa shape index (κ2) is 9.72. The summed E-state index contributed by atoms with van der Waals surface area (Å²) in [7, 11) is 0. The van der Waals surface area contributed by atoms with Gasteiger partial charge < -0.3 is 19.7 Å². The summed E-state index contributed by atoms with van der Waals surface area (Å²) in [6, 6.07) is 16.9. The van der Waals surface area contributed by atoms with Crippen LogP contribution < -0.4 is 10.2 Å². The van der Waals surface area contributed by atoms with Gasteiger partial charge in [-0.05, 0) is 54.1 Å². The van der Waals surface area contributed by atoms with Crippen molar-refractivity contribution in [2.24, 2.45) is 0 Å². The molecule has 8 heteroatoms. The zero-order valence-electron chi connectivity index (χ0n) is 16.7. The number of esters is 1. The van der Waals surface area contributed by atoms with Gasteiger partial charge in [-0.1, -0.05) is 12.1 Å². The van der Waals surface area contributed by atoms with Gasteiger partial charge in [0.25, 0.3) is 5.91 Å². The van der Waals surface area contributed by atoms with Crippen molar-refractivity contribution in [3.8, 4) is 10.4 Å². The lowest BCUT2D eigenvalue weighted by Crippen LogP contribution is -2.36. The number of anilines is 2. The van der Waals surface area contributed by atoms with Gasteiger partial charge in [0, 0.05) is 29.3 Å². The van der Waals surface area contributed by atoms with Crippen LogP contribution in [0.25, 0.3) is 10.4 Å². The Morgan fingerprint density at radius 3 is 2.42 bits per heavy atom. The molecule has 3 aromatic rings. The quantitative estimate of drug-likeness (QED) is 0.583. The Kier molecular flexibility index (Phi) is 6.59. The SMILES string of the molecule is O=C(COC(=O)c1ccc(-c2ccc(F)cc2)s1)Nc1ccc(N2CCOCC2)cc1. The molecule has 1 fully saturated rings. The fourth-order valence-electron chi connectivity index (χ4n) is 3.19. The molecule has 160 valence electrons. The molecular formula is C23H21FN2O4S. The molecule has 1 N–H and O–H groups in total. The van der Waals surface area contributed by atoms with Crippen LogP contribution in [-0.4, -0.2) is 44.8 Å². The van der Waals surface area contributed by atoms with Gasteiger partial charge >= 0.3 is 5.97 Å². The monoisotopic (exact) mass is 440 g/mol. The Labute approximate surface area is 183 Å². The number of halogens is 1. The molecule has 0 unspecified atom stereocenters. The summed E-state index contributed by atoms with van der Waals surface area (Å²) in [6.45, 7) is 2.72. The van der Waals surface area contributed by atoms with Crippen molar-refractivity contribution in [3.05, 3.63) is 71.4 Å². The zero-order chi connectivity index (χ0) is 21.6. The smallest absolute Gasteiger partial charge is 0.348 e. The Morgan fingerprint density at radius 2 is 1.71 bits per heavy atom. The van der Waals surface area contributed by atoms with Gasteiger partial charge in [0.1, 0.15) is 10.7 Å². The van der Waals surface area contributed by atoms with Crippen LogP contribution in [-0.2, 0) is 14.3 Å². The lowest BCUT2D eigenvalue weighted by molar-refractivity contribution is -0.119. The Bertz CT molecular complexity index is 1040. The molecule has 1 amide bonds. The summed E-state index contributed by atoms with van der Waals surface area (Å²) >= 11 is 1.23. The van der Waals surface area contributed by atoms with Crippen molar-refractivity contribution in [3.63, 3.8) is 0 Å². The average Bonchev–Trinajstić information content (AvgIpc) is 3.29. The van der Waals surface area contributed by atoms with Gasteiger partial charge in [0.2, 0.25) is 0 Å². The molecule has 0 radical (unpaired) electrons. The summed E-state index contributed by atoms with van der Waals surface area (Å²) in [5.74, 6) is -1.30. The third kappa shape index (κ3) is 5.48. The molecule has 0 aliphatic carbocycles. The van der Waals surface area contributed by atoms with Crippen LogP contribution in [0.2, 0.25) is 0 Å². The van der Waals surface area contributed by atoms with Gasteiger partial charge in [-0.15, -0.1) is 11.3 Å². The molecule has 0 bridgehead atoms. The van der Waals surface area contributed by atoms with E-state index in [1.54, 1.807) is 24.3 Å². The van der Waals surface area contributed by atoms with Crippen LogP contribution >= 0.6 is 11.3 Å². The fraction of sp³-hybridized carbons (Fsp3) is 0.217. The number of morpholine rings is 1. The molecule has 4 rings (SSSR count). The number of nitrogens with one attached hydrogen (secondary N) is 1. The van der Waals surface area contributed by atoms with E-state index in [-0.39, 0.29) is 12.4 Å². The summed E-state index contributed by atoms with van der Waals surface area (Å²) < 4.78 is 23.5. The molecule has 1 aliphatic heterocycles. The Morgan fingerprint density at radius 1 is 1.00 bits per heavy atom. The topological polar surface area (TPSA) is 67.9 Å². The normalized spacial score (nSPS) is 13.6. The highest BCUT2D eigenvalue weighted by Crippen LogP contribution is 2.28. The van der Waals surface area contributed by atoms with Crippen molar-refractivity contribution in [2.45, 2.75) is 0 Å². The molecule has 0 spiro atoms. The maximum absolute atomic E-state index is 13.1. The summed E-state index contributed by atoms with van der Waals surface area (Å²) in [4.78, 5) is 27.8. The predicted molar refractivity (Wildman–Crippen MR) is 118 cm³/mol. The highest BCUT2D eigenvalue weighted by molar-refractivity contribution is 7.17. The summed E-state index contributed by atoms with van der Waals surface area (Å²) in [6.07, 6.45) is 0. The largest absolute Gasteiger partial charge is 0.451 e.